The molecule has 7 heteroatoms. The molecule has 0 heterocycles. The Kier molecular flexibility index (Phi) is 7.81. The van der Waals surface area contributed by atoms with Crippen molar-refractivity contribution in [1.29, 1.82) is 0 Å². The summed E-state index contributed by atoms with van der Waals surface area (Å²) in [6.45, 7) is 12.1. The molecule has 2 aromatic rings. The van der Waals surface area contributed by atoms with Gasteiger partial charge in [-0.2, -0.15) is 4.31 Å². The molecule has 0 bridgehead atoms. The molecule has 0 saturated carbocycles. The molecule has 158 valence electrons. The first kappa shape index (κ1) is 22.9. The van der Waals surface area contributed by atoms with Crippen LogP contribution in [0.15, 0.2) is 47.4 Å². The molecule has 6 nitrogen and oxygen atoms in total. The zero-order chi connectivity index (χ0) is 21.6. The summed E-state index contributed by atoms with van der Waals surface area (Å²) >= 11 is 0. The monoisotopic (exact) mass is 417 g/mol. The number of amides is 1. The Balaban J connectivity index is 2.26. The van der Waals surface area contributed by atoms with Gasteiger partial charge >= 0.3 is 0 Å². The Morgan fingerprint density at radius 1 is 0.897 bits per heavy atom. The highest BCUT2D eigenvalue weighted by Crippen LogP contribution is 2.23. The largest absolute Gasteiger partial charge is 0.372 e. The van der Waals surface area contributed by atoms with Crippen molar-refractivity contribution in [2.24, 2.45) is 0 Å². The molecule has 0 atom stereocenters. The summed E-state index contributed by atoms with van der Waals surface area (Å²) in [6, 6.07) is 12.4. The summed E-state index contributed by atoms with van der Waals surface area (Å²) in [5, 5.41) is 2.85. The summed E-state index contributed by atoms with van der Waals surface area (Å²) < 4.78 is 27.2. The molecule has 0 aromatic heterocycles. The van der Waals surface area contributed by atoms with Gasteiger partial charge in [0.25, 0.3) is 5.91 Å². The zero-order valence-corrected chi connectivity index (χ0v) is 18.7. The number of nitrogens with one attached hydrogen (secondary N) is 1. The first-order valence-corrected chi connectivity index (χ1v) is 11.5. The lowest BCUT2D eigenvalue weighted by Crippen LogP contribution is -2.31. The Hall–Kier alpha value is -2.38. The second-order valence-electron chi connectivity index (χ2n) is 6.74. The van der Waals surface area contributed by atoms with Gasteiger partial charge in [-0.3, -0.25) is 4.79 Å². The molecule has 0 fully saturated rings. The van der Waals surface area contributed by atoms with Crippen LogP contribution in [0.2, 0.25) is 0 Å². The summed E-state index contributed by atoms with van der Waals surface area (Å²) in [7, 11) is -3.63. The highest BCUT2D eigenvalue weighted by Gasteiger charge is 2.24. The standard InChI is InChI=1S/C22H31N3O3S/c1-6-24(7-2)20-14-12-19(13-15-20)23-22(26)18-11-10-17(5)21(16-18)29(27,28)25(8-3)9-4/h10-16H,6-9H2,1-5H3,(H,23,26). The van der Waals surface area contributed by atoms with Gasteiger partial charge in [0.15, 0.2) is 0 Å². The van der Waals surface area contributed by atoms with E-state index in [4.69, 9.17) is 0 Å². The van der Waals surface area contributed by atoms with Crippen LogP contribution in [0.1, 0.15) is 43.6 Å². The van der Waals surface area contributed by atoms with E-state index in [9.17, 15) is 13.2 Å². The minimum atomic E-state index is -3.63. The average Bonchev–Trinajstić information content (AvgIpc) is 2.71. The summed E-state index contributed by atoms with van der Waals surface area (Å²) in [5.41, 5.74) is 2.70. The molecule has 0 saturated heterocycles. The number of sulfonamides is 1. The second kappa shape index (κ2) is 9.89. The van der Waals surface area contributed by atoms with Gasteiger partial charge in [-0.25, -0.2) is 8.42 Å². The number of rotatable bonds is 9. The molecule has 1 amide bonds. The quantitative estimate of drug-likeness (QED) is 0.666. The maximum atomic E-state index is 12.9. The van der Waals surface area contributed by atoms with Gasteiger partial charge in [-0.1, -0.05) is 19.9 Å². The van der Waals surface area contributed by atoms with Gasteiger partial charge in [-0.15, -0.1) is 0 Å². The van der Waals surface area contributed by atoms with E-state index >= 15 is 0 Å². The van der Waals surface area contributed by atoms with E-state index in [-0.39, 0.29) is 10.8 Å². The van der Waals surface area contributed by atoms with E-state index in [1.165, 1.54) is 10.4 Å². The molecule has 0 radical (unpaired) electrons. The van der Waals surface area contributed by atoms with Crippen LogP contribution in [0.5, 0.6) is 0 Å². The molecular formula is C22H31N3O3S. The molecule has 29 heavy (non-hydrogen) atoms. The van der Waals surface area contributed by atoms with E-state index in [0.29, 0.717) is 29.9 Å². The minimum Gasteiger partial charge on any atom is -0.372 e. The number of hydrogen-bond donors (Lipinski definition) is 1. The first-order chi connectivity index (χ1) is 13.8. The number of anilines is 2. The van der Waals surface area contributed by atoms with E-state index in [1.54, 1.807) is 32.9 Å². The van der Waals surface area contributed by atoms with Crippen LogP contribution >= 0.6 is 0 Å². The lowest BCUT2D eigenvalue weighted by molar-refractivity contribution is 0.102. The Labute approximate surface area is 174 Å². The molecule has 0 spiro atoms. The molecule has 0 aliphatic rings. The van der Waals surface area contributed by atoms with Crippen molar-refractivity contribution in [3.05, 3.63) is 53.6 Å². The summed E-state index contributed by atoms with van der Waals surface area (Å²) in [5.74, 6) is -0.336. The molecule has 1 N–H and O–H groups in total. The van der Waals surface area contributed by atoms with Gasteiger partial charge in [0.05, 0.1) is 4.90 Å². The molecule has 2 rings (SSSR count). The number of nitrogens with zero attached hydrogens (tertiary/aromatic N) is 2. The van der Waals surface area contributed by atoms with Crippen molar-refractivity contribution in [2.45, 2.75) is 39.5 Å². The highest BCUT2D eigenvalue weighted by molar-refractivity contribution is 7.89. The van der Waals surface area contributed by atoms with Crippen LogP contribution < -0.4 is 10.2 Å². The molecule has 2 aromatic carbocycles. The third kappa shape index (κ3) is 5.16. The fourth-order valence-corrected chi connectivity index (χ4v) is 4.98. The zero-order valence-electron chi connectivity index (χ0n) is 17.9. The van der Waals surface area contributed by atoms with Gasteiger partial charge in [-0.05, 0) is 62.7 Å². The van der Waals surface area contributed by atoms with Crippen molar-refractivity contribution in [2.75, 3.05) is 36.4 Å². The number of carbonyl (C=O) groups excluding carboxylic acids is 1. The first-order valence-electron chi connectivity index (χ1n) is 10.1. The maximum absolute atomic E-state index is 12.9. The van der Waals surface area contributed by atoms with Crippen LogP contribution in [-0.2, 0) is 10.0 Å². The van der Waals surface area contributed by atoms with Gasteiger partial charge < -0.3 is 10.2 Å². The van der Waals surface area contributed by atoms with Crippen LogP contribution in [0.3, 0.4) is 0 Å². The van der Waals surface area contributed by atoms with Crippen LogP contribution in [0, 0.1) is 6.92 Å². The number of aryl methyl sites for hydroxylation is 1. The third-order valence-corrected chi connectivity index (χ3v) is 7.22. The van der Waals surface area contributed by atoms with Crippen molar-refractivity contribution >= 4 is 27.3 Å². The van der Waals surface area contributed by atoms with E-state index in [0.717, 1.165) is 18.8 Å². The topological polar surface area (TPSA) is 69.7 Å². The predicted molar refractivity (Wildman–Crippen MR) is 119 cm³/mol. The van der Waals surface area contributed by atoms with E-state index in [1.807, 2.05) is 24.3 Å². The summed E-state index contributed by atoms with van der Waals surface area (Å²) in [6.07, 6.45) is 0. The van der Waals surface area contributed by atoms with Crippen molar-refractivity contribution in [1.82, 2.24) is 4.31 Å². The van der Waals surface area contributed by atoms with Crippen molar-refractivity contribution in [3.63, 3.8) is 0 Å². The predicted octanol–water partition coefficient (Wildman–Crippen LogP) is 4.12. The van der Waals surface area contributed by atoms with Crippen molar-refractivity contribution < 1.29 is 13.2 Å². The smallest absolute Gasteiger partial charge is 0.255 e. The van der Waals surface area contributed by atoms with Crippen LogP contribution in [0.25, 0.3) is 0 Å². The number of hydrogen-bond acceptors (Lipinski definition) is 4. The maximum Gasteiger partial charge on any atom is 0.255 e. The third-order valence-electron chi connectivity index (χ3n) is 5.03. The molecule has 0 aliphatic carbocycles. The summed E-state index contributed by atoms with van der Waals surface area (Å²) in [4.78, 5) is 15.1. The normalized spacial score (nSPS) is 11.5. The lowest BCUT2D eigenvalue weighted by Gasteiger charge is -2.21. The van der Waals surface area contributed by atoms with E-state index in [2.05, 4.69) is 24.1 Å². The molecule has 0 unspecified atom stereocenters. The molecule has 0 aliphatic heterocycles. The Morgan fingerprint density at radius 3 is 2.00 bits per heavy atom. The fraction of sp³-hybridized carbons (Fsp3) is 0.409. The van der Waals surface area contributed by atoms with Gasteiger partial charge in [0.2, 0.25) is 10.0 Å². The average molecular weight is 418 g/mol. The Bertz CT molecular complexity index is 932. The lowest BCUT2D eigenvalue weighted by atomic mass is 10.1. The number of carbonyl (C=O) groups is 1. The molecular weight excluding hydrogens is 386 g/mol. The van der Waals surface area contributed by atoms with E-state index < -0.39 is 10.0 Å². The van der Waals surface area contributed by atoms with Crippen molar-refractivity contribution in [3.8, 4) is 0 Å². The SMILES string of the molecule is CCN(CC)c1ccc(NC(=O)c2ccc(C)c(S(=O)(=O)N(CC)CC)c2)cc1. The Morgan fingerprint density at radius 2 is 1.48 bits per heavy atom. The number of benzene rings is 2. The van der Waals surface area contributed by atoms with Gasteiger partial charge in [0.1, 0.15) is 0 Å². The van der Waals surface area contributed by atoms with Crippen LogP contribution in [0.4, 0.5) is 11.4 Å². The fourth-order valence-electron chi connectivity index (χ4n) is 3.27. The van der Waals surface area contributed by atoms with Gasteiger partial charge in [0, 0.05) is 43.1 Å². The second-order valence-corrected chi connectivity index (χ2v) is 8.65. The van der Waals surface area contributed by atoms with Crippen LogP contribution in [-0.4, -0.2) is 44.8 Å². The highest BCUT2D eigenvalue weighted by atomic mass is 32.2. The minimum absolute atomic E-state index is 0.172.